The Hall–Kier alpha value is -0.570. The maximum absolute atomic E-state index is 11.4. The van der Waals surface area contributed by atoms with Gasteiger partial charge in [-0.2, -0.15) is 0 Å². The number of hydrogen-bond donors (Lipinski definition) is 0. The van der Waals surface area contributed by atoms with Gasteiger partial charge in [-0.1, -0.05) is 71.6 Å². The molecule has 3 nitrogen and oxygen atoms in total. The van der Waals surface area contributed by atoms with Crippen molar-refractivity contribution in [3.63, 3.8) is 0 Å². The summed E-state index contributed by atoms with van der Waals surface area (Å²) in [6.07, 6.45) is 13.1. The number of ether oxygens (including phenoxy) is 1. The minimum atomic E-state index is -0.0923. The van der Waals surface area contributed by atoms with Gasteiger partial charge in [0.05, 0.1) is 13.2 Å². The molecule has 0 aliphatic carbocycles. The molecule has 0 amide bonds. The van der Waals surface area contributed by atoms with Crippen LogP contribution in [0.4, 0.5) is 0 Å². The highest BCUT2D eigenvalue weighted by Gasteiger charge is 2.05. The Morgan fingerprint density at radius 2 is 1.35 bits per heavy atom. The van der Waals surface area contributed by atoms with Gasteiger partial charge in [0.2, 0.25) is 0 Å². The predicted octanol–water partition coefficient (Wildman–Crippen LogP) is 4.40. The maximum atomic E-state index is 11.4. The molecule has 3 heteroatoms. The fourth-order valence-electron chi connectivity index (χ4n) is 2.15. The fourth-order valence-corrected chi connectivity index (χ4v) is 2.15. The highest BCUT2D eigenvalue weighted by atomic mass is 16.5. The van der Waals surface area contributed by atoms with Gasteiger partial charge in [-0.25, -0.2) is 0 Å². The SMILES string of the molecule is CCCCCCCCCCCCOC(=O)CN(C)CC. The second kappa shape index (κ2) is 14.8. The van der Waals surface area contributed by atoms with E-state index in [-0.39, 0.29) is 5.97 Å². The molecule has 0 aliphatic rings. The molecule has 0 bridgehead atoms. The standard InChI is InChI=1S/C17H35NO2/c1-4-6-7-8-9-10-11-12-13-14-15-20-17(19)16-18(3)5-2/h4-16H2,1-3H3. The van der Waals surface area contributed by atoms with Crippen molar-refractivity contribution in [2.24, 2.45) is 0 Å². The van der Waals surface area contributed by atoms with Crippen molar-refractivity contribution < 1.29 is 9.53 Å². The summed E-state index contributed by atoms with van der Waals surface area (Å²) in [6.45, 7) is 6.18. The summed E-state index contributed by atoms with van der Waals surface area (Å²) in [6, 6.07) is 0. The number of rotatable bonds is 14. The molecule has 0 radical (unpaired) electrons. The third-order valence-corrected chi connectivity index (χ3v) is 3.70. The highest BCUT2D eigenvalue weighted by molar-refractivity contribution is 5.71. The van der Waals surface area contributed by atoms with E-state index in [1.165, 1.54) is 57.8 Å². The molecular formula is C17H35NO2. The molecule has 0 aliphatic heterocycles. The van der Waals surface area contributed by atoms with E-state index in [2.05, 4.69) is 6.92 Å². The summed E-state index contributed by atoms with van der Waals surface area (Å²) < 4.78 is 5.21. The lowest BCUT2D eigenvalue weighted by Crippen LogP contribution is -2.27. The van der Waals surface area contributed by atoms with Crippen LogP contribution < -0.4 is 0 Å². The predicted molar refractivity (Wildman–Crippen MR) is 86.0 cm³/mol. The average molecular weight is 285 g/mol. The molecule has 0 rings (SSSR count). The largest absolute Gasteiger partial charge is 0.465 e. The fraction of sp³-hybridized carbons (Fsp3) is 0.941. The quantitative estimate of drug-likeness (QED) is 0.350. The van der Waals surface area contributed by atoms with Gasteiger partial charge in [-0.05, 0) is 20.0 Å². The van der Waals surface area contributed by atoms with Crippen molar-refractivity contribution in [1.82, 2.24) is 4.90 Å². The normalized spacial score (nSPS) is 11.0. The lowest BCUT2D eigenvalue weighted by Gasteiger charge is -2.12. The van der Waals surface area contributed by atoms with E-state index >= 15 is 0 Å². The van der Waals surface area contributed by atoms with Crippen LogP contribution in [0.5, 0.6) is 0 Å². The lowest BCUT2D eigenvalue weighted by atomic mass is 10.1. The second-order valence-electron chi connectivity index (χ2n) is 5.73. The van der Waals surface area contributed by atoms with Crippen molar-refractivity contribution >= 4 is 5.97 Å². The van der Waals surface area contributed by atoms with E-state index in [4.69, 9.17) is 4.74 Å². The zero-order valence-corrected chi connectivity index (χ0v) is 14.0. The van der Waals surface area contributed by atoms with E-state index in [0.717, 1.165) is 13.0 Å². The monoisotopic (exact) mass is 285 g/mol. The first-order chi connectivity index (χ1) is 9.70. The van der Waals surface area contributed by atoms with Gasteiger partial charge in [0.25, 0.3) is 0 Å². The van der Waals surface area contributed by atoms with Crippen LogP contribution in [0.25, 0.3) is 0 Å². The van der Waals surface area contributed by atoms with Crippen LogP contribution >= 0.6 is 0 Å². The number of unbranched alkanes of at least 4 members (excludes halogenated alkanes) is 9. The first kappa shape index (κ1) is 19.4. The lowest BCUT2D eigenvalue weighted by molar-refractivity contribution is -0.144. The van der Waals surface area contributed by atoms with Crippen LogP contribution in [-0.2, 0) is 9.53 Å². The molecule has 0 aromatic carbocycles. The summed E-state index contributed by atoms with van der Waals surface area (Å²) in [5.41, 5.74) is 0. The number of carbonyl (C=O) groups is 1. The third-order valence-electron chi connectivity index (χ3n) is 3.70. The Balaban J connectivity index is 3.14. The number of likely N-dealkylation sites (N-methyl/N-ethyl adjacent to an activating group) is 1. The molecule has 0 spiro atoms. The number of carbonyl (C=O) groups excluding carboxylic acids is 1. The Labute approximate surface area is 126 Å². The van der Waals surface area contributed by atoms with E-state index < -0.39 is 0 Å². The summed E-state index contributed by atoms with van der Waals surface area (Å²) >= 11 is 0. The highest BCUT2D eigenvalue weighted by Crippen LogP contribution is 2.10. The van der Waals surface area contributed by atoms with Gasteiger partial charge >= 0.3 is 5.97 Å². The maximum Gasteiger partial charge on any atom is 0.320 e. The van der Waals surface area contributed by atoms with E-state index in [9.17, 15) is 4.79 Å². The molecule has 0 aromatic rings. The molecular weight excluding hydrogens is 250 g/mol. The smallest absolute Gasteiger partial charge is 0.320 e. The molecule has 0 N–H and O–H groups in total. The van der Waals surface area contributed by atoms with Gasteiger partial charge in [-0.15, -0.1) is 0 Å². The van der Waals surface area contributed by atoms with Crippen LogP contribution in [0, 0.1) is 0 Å². The number of esters is 1. The molecule has 0 fully saturated rings. The van der Waals surface area contributed by atoms with Gasteiger partial charge in [0, 0.05) is 0 Å². The van der Waals surface area contributed by atoms with Crippen LogP contribution in [0.15, 0.2) is 0 Å². The number of nitrogens with zero attached hydrogens (tertiary/aromatic N) is 1. The Morgan fingerprint density at radius 3 is 1.85 bits per heavy atom. The van der Waals surface area contributed by atoms with Crippen molar-refractivity contribution in [2.45, 2.75) is 78.1 Å². The molecule has 0 saturated heterocycles. The minimum absolute atomic E-state index is 0.0923. The molecule has 0 saturated carbocycles. The summed E-state index contributed by atoms with van der Waals surface area (Å²) in [5.74, 6) is -0.0923. The molecule has 0 aromatic heterocycles. The van der Waals surface area contributed by atoms with Crippen molar-refractivity contribution in [3.8, 4) is 0 Å². The van der Waals surface area contributed by atoms with Gasteiger partial charge in [-0.3, -0.25) is 9.69 Å². The molecule has 0 unspecified atom stereocenters. The Kier molecular flexibility index (Phi) is 14.4. The van der Waals surface area contributed by atoms with E-state index in [1.54, 1.807) is 0 Å². The van der Waals surface area contributed by atoms with Crippen LogP contribution in [0.1, 0.15) is 78.1 Å². The van der Waals surface area contributed by atoms with Crippen LogP contribution in [0.2, 0.25) is 0 Å². The number of hydrogen-bond acceptors (Lipinski definition) is 3. The Morgan fingerprint density at radius 1 is 0.850 bits per heavy atom. The first-order valence-electron chi connectivity index (χ1n) is 8.54. The second-order valence-corrected chi connectivity index (χ2v) is 5.73. The summed E-state index contributed by atoms with van der Waals surface area (Å²) in [7, 11) is 1.93. The topological polar surface area (TPSA) is 29.5 Å². The van der Waals surface area contributed by atoms with Crippen molar-refractivity contribution in [2.75, 3.05) is 26.7 Å². The third kappa shape index (κ3) is 13.9. The molecule has 0 atom stereocenters. The van der Waals surface area contributed by atoms with Crippen LogP contribution in [-0.4, -0.2) is 37.6 Å². The first-order valence-corrected chi connectivity index (χ1v) is 8.54. The molecule has 0 heterocycles. The van der Waals surface area contributed by atoms with Crippen molar-refractivity contribution in [3.05, 3.63) is 0 Å². The average Bonchev–Trinajstić information content (AvgIpc) is 2.44. The van der Waals surface area contributed by atoms with Gasteiger partial charge in [0.15, 0.2) is 0 Å². The van der Waals surface area contributed by atoms with Crippen molar-refractivity contribution in [1.29, 1.82) is 0 Å². The molecule has 120 valence electrons. The van der Waals surface area contributed by atoms with E-state index in [0.29, 0.717) is 13.2 Å². The zero-order chi connectivity index (χ0) is 15.1. The van der Waals surface area contributed by atoms with E-state index in [1.807, 2.05) is 18.9 Å². The zero-order valence-electron chi connectivity index (χ0n) is 14.0. The van der Waals surface area contributed by atoms with Gasteiger partial charge < -0.3 is 4.74 Å². The summed E-state index contributed by atoms with van der Waals surface area (Å²) in [4.78, 5) is 13.4. The van der Waals surface area contributed by atoms with Gasteiger partial charge in [0.1, 0.15) is 0 Å². The van der Waals surface area contributed by atoms with Crippen LogP contribution in [0.3, 0.4) is 0 Å². The minimum Gasteiger partial charge on any atom is -0.465 e. The molecule has 20 heavy (non-hydrogen) atoms. The summed E-state index contributed by atoms with van der Waals surface area (Å²) in [5, 5.41) is 0. The Bertz CT molecular complexity index is 219.